The molecule has 0 atom stereocenters. The molecule has 2 aromatic heterocycles. The second kappa shape index (κ2) is 7.40. The number of fused-ring (bicyclic) bond motifs is 2. The molecule has 0 unspecified atom stereocenters. The molecular formula is C20H23N3O3S. The minimum atomic E-state index is -0.348. The van der Waals surface area contributed by atoms with Crippen molar-refractivity contribution in [3.05, 3.63) is 51.5 Å². The lowest BCUT2D eigenvalue weighted by Crippen LogP contribution is -2.47. The summed E-state index contributed by atoms with van der Waals surface area (Å²) in [6.07, 6.45) is 5.86. The van der Waals surface area contributed by atoms with Crippen molar-refractivity contribution >= 4 is 23.2 Å². The summed E-state index contributed by atoms with van der Waals surface area (Å²) in [6, 6.07) is 5.79. The van der Waals surface area contributed by atoms with E-state index in [1.165, 1.54) is 4.88 Å². The average molecular weight is 385 g/mol. The fourth-order valence-electron chi connectivity index (χ4n) is 3.90. The van der Waals surface area contributed by atoms with Crippen molar-refractivity contribution in [1.82, 2.24) is 15.2 Å². The number of amides is 2. The number of carbonyl (C=O) groups is 2. The highest BCUT2D eigenvalue weighted by Crippen LogP contribution is 2.44. The summed E-state index contributed by atoms with van der Waals surface area (Å²) in [7, 11) is 0. The van der Waals surface area contributed by atoms with E-state index in [0.29, 0.717) is 26.2 Å². The van der Waals surface area contributed by atoms with Crippen molar-refractivity contribution in [2.24, 2.45) is 0 Å². The Morgan fingerprint density at radius 3 is 2.74 bits per heavy atom. The molecule has 1 spiro atoms. The van der Waals surface area contributed by atoms with Crippen LogP contribution in [0, 0.1) is 0 Å². The highest BCUT2D eigenvalue weighted by molar-refractivity contribution is 7.14. The summed E-state index contributed by atoms with van der Waals surface area (Å²) < 4.78 is 6.21. The zero-order valence-electron chi connectivity index (χ0n) is 15.4. The van der Waals surface area contributed by atoms with Crippen molar-refractivity contribution in [2.45, 2.75) is 38.3 Å². The van der Waals surface area contributed by atoms with Crippen LogP contribution in [-0.4, -0.2) is 41.4 Å². The van der Waals surface area contributed by atoms with E-state index in [0.717, 1.165) is 35.3 Å². The maximum absolute atomic E-state index is 12.6. The van der Waals surface area contributed by atoms with Gasteiger partial charge in [-0.15, -0.1) is 11.3 Å². The molecule has 2 aromatic rings. The van der Waals surface area contributed by atoms with Gasteiger partial charge in [-0.3, -0.25) is 14.6 Å². The summed E-state index contributed by atoms with van der Waals surface area (Å²) in [6.45, 7) is 4.17. The standard InChI is InChI=1S/C20H23N3O3S/c1-14(24)23-9-5-20(6-10-23)16-12-18(27-17(16)4-11-26-20)19(25)22-13-15-2-7-21-8-3-15/h2-3,7-8,12H,4-6,9-11,13H2,1H3,(H,22,25). The normalized spacial score (nSPS) is 18.2. The molecule has 142 valence electrons. The molecule has 7 heteroatoms. The second-order valence-corrected chi connectivity index (χ2v) is 8.22. The van der Waals surface area contributed by atoms with Gasteiger partial charge in [-0.2, -0.15) is 0 Å². The van der Waals surface area contributed by atoms with Crippen LogP contribution >= 0.6 is 11.3 Å². The highest BCUT2D eigenvalue weighted by atomic mass is 32.1. The number of thiophene rings is 1. The van der Waals surface area contributed by atoms with E-state index in [4.69, 9.17) is 4.74 Å². The monoisotopic (exact) mass is 385 g/mol. The molecule has 0 aromatic carbocycles. The summed E-state index contributed by atoms with van der Waals surface area (Å²) in [5.41, 5.74) is 1.83. The van der Waals surface area contributed by atoms with Crippen molar-refractivity contribution in [3.63, 3.8) is 0 Å². The Balaban J connectivity index is 1.49. The molecule has 1 N–H and O–H groups in total. The summed E-state index contributed by atoms with van der Waals surface area (Å²) in [5.74, 6) is 0.0601. The Kier molecular flexibility index (Phi) is 4.97. The molecule has 2 amide bonds. The van der Waals surface area contributed by atoms with Crippen LogP contribution in [0.4, 0.5) is 0 Å². The first kappa shape index (κ1) is 18.1. The van der Waals surface area contributed by atoms with E-state index < -0.39 is 0 Å². The van der Waals surface area contributed by atoms with Gasteiger partial charge in [0.05, 0.1) is 17.1 Å². The number of hydrogen-bond acceptors (Lipinski definition) is 5. The van der Waals surface area contributed by atoms with Crippen molar-refractivity contribution in [1.29, 1.82) is 0 Å². The first-order valence-electron chi connectivity index (χ1n) is 9.27. The molecule has 0 saturated carbocycles. The molecule has 6 nitrogen and oxygen atoms in total. The molecule has 2 aliphatic rings. The van der Waals surface area contributed by atoms with E-state index in [2.05, 4.69) is 10.3 Å². The van der Waals surface area contributed by atoms with Crippen LogP contribution in [0.15, 0.2) is 30.6 Å². The first-order valence-corrected chi connectivity index (χ1v) is 10.1. The zero-order valence-corrected chi connectivity index (χ0v) is 16.2. The van der Waals surface area contributed by atoms with Gasteiger partial charge in [0.15, 0.2) is 0 Å². The van der Waals surface area contributed by atoms with Gasteiger partial charge >= 0.3 is 0 Å². The van der Waals surface area contributed by atoms with Gasteiger partial charge < -0.3 is 15.0 Å². The van der Waals surface area contributed by atoms with Gasteiger partial charge in [-0.05, 0) is 42.2 Å². The molecule has 0 bridgehead atoms. The minimum Gasteiger partial charge on any atom is -0.370 e. The quantitative estimate of drug-likeness (QED) is 0.881. The van der Waals surface area contributed by atoms with Crippen LogP contribution in [0.5, 0.6) is 0 Å². The number of nitrogens with one attached hydrogen (secondary N) is 1. The van der Waals surface area contributed by atoms with E-state index in [9.17, 15) is 9.59 Å². The molecule has 0 aliphatic carbocycles. The topological polar surface area (TPSA) is 71.5 Å². The average Bonchev–Trinajstić information content (AvgIpc) is 3.13. The zero-order chi connectivity index (χ0) is 18.9. The number of ether oxygens (including phenoxy) is 1. The lowest BCUT2D eigenvalue weighted by Gasteiger charge is -2.43. The lowest BCUT2D eigenvalue weighted by molar-refractivity contribution is -0.138. The van der Waals surface area contributed by atoms with Crippen molar-refractivity contribution in [2.75, 3.05) is 19.7 Å². The van der Waals surface area contributed by atoms with Crippen LogP contribution in [-0.2, 0) is 28.1 Å². The van der Waals surface area contributed by atoms with Crippen molar-refractivity contribution < 1.29 is 14.3 Å². The number of nitrogens with zero attached hydrogens (tertiary/aromatic N) is 2. The Morgan fingerprint density at radius 1 is 1.30 bits per heavy atom. The van der Waals surface area contributed by atoms with Gasteiger partial charge in [-0.1, -0.05) is 0 Å². The number of rotatable bonds is 3. The maximum atomic E-state index is 12.6. The van der Waals surface area contributed by atoms with Crippen LogP contribution in [0.25, 0.3) is 0 Å². The smallest absolute Gasteiger partial charge is 0.261 e. The van der Waals surface area contributed by atoms with Gasteiger partial charge in [0, 0.05) is 50.2 Å². The largest absolute Gasteiger partial charge is 0.370 e. The van der Waals surface area contributed by atoms with E-state index in [1.54, 1.807) is 30.7 Å². The molecule has 1 fully saturated rings. The van der Waals surface area contributed by atoms with Gasteiger partial charge in [-0.25, -0.2) is 0 Å². The Labute approximate surface area is 162 Å². The van der Waals surface area contributed by atoms with E-state index >= 15 is 0 Å². The molecule has 27 heavy (non-hydrogen) atoms. The summed E-state index contributed by atoms with van der Waals surface area (Å²) >= 11 is 1.57. The number of piperidine rings is 1. The Hall–Kier alpha value is -2.25. The highest BCUT2D eigenvalue weighted by Gasteiger charge is 2.42. The summed E-state index contributed by atoms with van der Waals surface area (Å²) in [5, 5.41) is 2.99. The lowest BCUT2D eigenvalue weighted by atomic mass is 9.82. The predicted molar refractivity (Wildman–Crippen MR) is 103 cm³/mol. The van der Waals surface area contributed by atoms with Crippen molar-refractivity contribution in [3.8, 4) is 0 Å². The van der Waals surface area contributed by atoms with Crippen LogP contribution in [0.2, 0.25) is 0 Å². The second-order valence-electron chi connectivity index (χ2n) is 7.08. The SMILES string of the molecule is CC(=O)N1CCC2(CC1)OCCc1sc(C(=O)NCc3ccncc3)cc12. The Bertz CT molecular complexity index is 841. The van der Waals surface area contributed by atoms with Gasteiger partial charge in [0.2, 0.25) is 5.91 Å². The molecule has 2 aliphatic heterocycles. The third-order valence-electron chi connectivity index (χ3n) is 5.45. The molecule has 0 radical (unpaired) electrons. The molecule has 4 heterocycles. The number of carbonyl (C=O) groups excluding carboxylic acids is 2. The number of hydrogen-bond donors (Lipinski definition) is 1. The first-order chi connectivity index (χ1) is 13.1. The molecular weight excluding hydrogens is 362 g/mol. The summed E-state index contributed by atoms with van der Waals surface area (Å²) in [4.78, 5) is 32.1. The van der Waals surface area contributed by atoms with Crippen LogP contribution in [0.1, 0.15) is 45.4 Å². The number of likely N-dealkylation sites (tertiary alicyclic amines) is 1. The van der Waals surface area contributed by atoms with Crippen LogP contribution < -0.4 is 5.32 Å². The molecule has 4 rings (SSSR count). The molecule has 1 saturated heterocycles. The number of aromatic nitrogens is 1. The van der Waals surface area contributed by atoms with E-state index in [1.807, 2.05) is 23.1 Å². The minimum absolute atomic E-state index is 0.0532. The Morgan fingerprint density at radius 2 is 2.04 bits per heavy atom. The third-order valence-corrected chi connectivity index (χ3v) is 6.64. The fraction of sp³-hybridized carbons (Fsp3) is 0.450. The predicted octanol–water partition coefficient (Wildman–Crippen LogP) is 2.48. The van der Waals surface area contributed by atoms with Crippen LogP contribution in [0.3, 0.4) is 0 Å². The number of pyridine rings is 1. The van der Waals surface area contributed by atoms with Gasteiger partial charge in [0.25, 0.3) is 5.91 Å². The van der Waals surface area contributed by atoms with Gasteiger partial charge in [0.1, 0.15) is 0 Å². The third kappa shape index (κ3) is 3.61. The fourth-order valence-corrected chi connectivity index (χ4v) is 5.04. The van der Waals surface area contributed by atoms with E-state index in [-0.39, 0.29) is 17.4 Å². The maximum Gasteiger partial charge on any atom is 0.261 e.